The first-order valence-corrected chi connectivity index (χ1v) is 5.78. The zero-order valence-corrected chi connectivity index (χ0v) is 10.8. The van der Waals surface area contributed by atoms with E-state index in [-0.39, 0.29) is 10.6 Å². The Hall–Kier alpha value is -2.10. The maximum Gasteiger partial charge on any atom is 0.267 e. The van der Waals surface area contributed by atoms with Crippen molar-refractivity contribution in [1.29, 1.82) is 5.26 Å². The number of halogens is 1. The van der Waals surface area contributed by atoms with Gasteiger partial charge < -0.3 is 14.5 Å². The van der Waals surface area contributed by atoms with Crippen molar-refractivity contribution >= 4 is 22.5 Å². The summed E-state index contributed by atoms with van der Waals surface area (Å²) in [6.07, 6.45) is 1.44. The fraction of sp³-hybridized carbons (Fsp3) is 0.250. The Morgan fingerprint density at radius 2 is 2.32 bits per heavy atom. The van der Waals surface area contributed by atoms with Crippen LogP contribution in [0.4, 0.5) is 0 Å². The maximum absolute atomic E-state index is 11.5. The van der Waals surface area contributed by atoms with Crippen LogP contribution in [0.25, 0.3) is 10.9 Å². The van der Waals surface area contributed by atoms with Gasteiger partial charge in [-0.1, -0.05) is 11.6 Å². The van der Waals surface area contributed by atoms with Gasteiger partial charge in [0.1, 0.15) is 18.2 Å². The molecule has 98 valence electrons. The summed E-state index contributed by atoms with van der Waals surface area (Å²) in [6, 6.07) is 3.34. The quantitative estimate of drug-likeness (QED) is 0.856. The average molecular weight is 280 g/mol. The van der Waals surface area contributed by atoms with Crippen molar-refractivity contribution in [3.63, 3.8) is 0 Å². The minimum absolute atomic E-state index is 0.0974. The molecule has 2 aromatic heterocycles. The molecule has 0 aliphatic rings. The number of hydrogen-bond donors (Lipinski definition) is 1. The molecular weight excluding hydrogens is 270 g/mol. The van der Waals surface area contributed by atoms with Crippen LogP contribution in [0.1, 0.15) is 5.56 Å². The molecular formula is C12H10ClN3O3. The lowest BCUT2D eigenvalue weighted by Gasteiger charge is -2.06. The first-order chi connectivity index (χ1) is 9.17. The lowest BCUT2D eigenvalue weighted by Crippen LogP contribution is -2.11. The maximum atomic E-state index is 11.5. The SMILES string of the molecule is COCCOc1cc2c(Cl)c(C#N)c(=O)[nH]c2cn1. The Balaban J connectivity index is 2.47. The molecule has 0 spiro atoms. The van der Waals surface area contributed by atoms with Gasteiger partial charge in [-0.05, 0) is 0 Å². The van der Waals surface area contributed by atoms with Gasteiger partial charge in [-0.15, -0.1) is 0 Å². The normalized spacial score (nSPS) is 10.4. The number of nitrogens with one attached hydrogen (secondary N) is 1. The highest BCUT2D eigenvalue weighted by Gasteiger charge is 2.11. The minimum Gasteiger partial charge on any atom is -0.475 e. The van der Waals surface area contributed by atoms with Crippen LogP contribution < -0.4 is 10.3 Å². The number of rotatable bonds is 4. The van der Waals surface area contributed by atoms with Crippen molar-refractivity contribution in [2.24, 2.45) is 0 Å². The van der Waals surface area contributed by atoms with Crippen LogP contribution in [0.3, 0.4) is 0 Å². The smallest absolute Gasteiger partial charge is 0.267 e. The summed E-state index contributed by atoms with van der Waals surface area (Å²) < 4.78 is 10.2. The number of hydrogen-bond acceptors (Lipinski definition) is 5. The van der Waals surface area contributed by atoms with Crippen molar-refractivity contribution in [3.8, 4) is 11.9 Å². The zero-order valence-electron chi connectivity index (χ0n) is 10.1. The molecule has 6 nitrogen and oxygen atoms in total. The Labute approximate surface area is 113 Å². The second kappa shape index (κ2) is 5.69. The van der Waals surface area contributed by atoms with Crippen LogP contribution in [0.2, 0.25) is 5.02 Å². The van der Waals surface area contributed by atoms with E-state index in [1.807, 2.05) is 0 Å². The van der Waals surface area contributed by atoms with Crippen molar-refractivity contribution in [1.82, 2.24) is 9.97 Å². The van der Waals surface area contributed by atoms with Gasteiger partial charge in [0.05, 0.1) is 23.3 Å². The molecule has 0 bridgehead atoms. The van der Waals surface area contributed by atoms with Gasteiger partial charge in [0.25, 0.3) is 5.56 Å². The van der Waals surface area contributed by atoms with Crippen molar-refractivity contribution in [3.05, 3.63) is 33.2 Å². The van der Waals surface area contributed by atoms with E-state index < -0.39 is 5.56 Å². The molecule has 2 aromatic rings. The molecule has 0 fully saturated rings. The predicted octanol–water partition coefficient (Wildman–Crippen LogP) is 1.47. The van der Waals surface area contributed by atoms with E-state index >= 15 is 0 Å². The average Bonchev–Trinajstić information content (AvgIpc) is 2.40. The molecule has 0 aliphatic carbocycles. The second-order valence-corrected chi connectivity index (χ2v) is 4.04. The number of aromatic amines is 1. The van der Waals surface area contributed by atoms with Gasteiger partial charge in [-0.3, -0.25) is 4.79 Å². The summed E-state index contributed by atoms with van der Waals surface area (Å²) in [5.74, 6) is 0.349. The summed E-state index contributed by atoms with van der Waals surface area (Å²) in [5, 5.41) is 9.50. The zero-order chi connectivity index (χ0) is 13.8. The Morgan fingerprint density at radius 1 is 1.53 bits per heavy atom. The third-order valence-corrected chi connectivity index (χ3v) is 2.85. The van der Waals surface area contributed by atoms with Crippen molar-refractivity contribution in [2.75, 3.05) is 20.3 Å². The molecule has 0 aliphatic heterocycles. The minimum atomic E-state index is -0.533. The molecule has 0 aromatic carbocycles. The third-order valence-electron chi connectivity index (χ3n) is 2.46. The molecule has 0 atom stereocenters. The molecule has 2 rings (SSSR count). The molecule has 0 saturated heterocycles. The summed E-state index contributed by atoms with van der Waals surface area (Å²) in [7, 11) is 1.57. The molecule has 1 N–H and O–H groups in total. The first kappa shape index (κ1) is 13.3. The monoisotopic (exact) mass is 279 g/mol. The fourth-order valence-corrected chi connectivity index (χ4v) is 1.83. The number of nitriles is 1. The van der Waals surface area contributed by atoms with E-state index in [1.165, 1.54) is 6.20 Å². The molecule has 0 saturated carbocycles. The van der Waals surface area contributed by atoms with Gasteiger partial charge in [0.15, 0.2) is 0 Å². The number of ether oxygens (including phenoxy) is 2. The van der Waals surface area contributed by atoms with Crippen LogP contribution in [-0.4, -0.2) is 30.3 Å². The molecule has 7 heteroatoms. The van der Waals surface area contributed by atoms with Crippen LogP contribution in [0.15, 0.2) is 17.1 Å². The van der Waals surface area contributed by atoms with Gasteiger partial charge in [-0.25, -0.2) is 4.98 Å². The lowest BCUT2D eigenvalue weighted by molar-refractivity contribution is 0.144. The summed E-state index contributed by atoms with van der Waals surface area (Å²) in [6.45, 7) is 0.781. The Kier molecular flexibility index (Phi) is 4.00. The highest BCUT2D eigenvalue weighted by molar-refractivity contribution is 6.36. The molecule has 2 heterocycles. The number of H-pyrrole nitrogens is 1. The first-order valence-electron chi connectivity index (χ1n) is 5.40. The highest BCUT2D eigenvalue weighted by atomic mass is 35.5. The second-order valence-electron chi connectivity index (χ2n) is 3.66. The number of aromatic nitrogens is 2. The number of methoxy groups -OCH3 is 1. The summed E-state index contributed by atoms with van der Waals surface area (Å²) >= 11 is 6.03. The van der Waals surface area contributed by atoms with E-state index in [4.69, 9.17) is 26.3 Å². The molecule has 0 radical (unpaired) electrons. The van der Waals surface area contributed by atoms with Crippen molar-refractivity contribution < 1.29 is 9.47 Å². The van der Waals surface area contributed by atoms with E-state index in [9.17, 15) is 4.79 Å². The van der Waals surface area contributed by atoms with Gasteiger partial charge in [-0.2, -0.15) is 5.26 Å². The van der Waals surface area contributed by atoms with Gasteiger partial charge in [0.2, 0.25) is 5.88 Å². The van der Waals surface area contributed by atoms with Crippen LogP contribution >= 0.6 is 11.6 Å². The molecule has 19 heavy (non-hydrogen) atoms. The fourth-order valence-electron chi connectivity index (χ4n) is 1.54. The lowest BCUT2D eigenvalue weighted by atomic mass is 10.2. The molecule has 0 amide bonds. The summed E-state index contributed by atoms with van der Waals surface area (Å²) in [4.78, 5) is 18.1. The topological polar surface area (TPSA) is 88.0 Å². The van der Waals surface area contributed by atoms with E-state index in [2.05, 4.69) is 9.97 Å². The van der Waals surface area contributed by atoms with Crippen molar-refractivity contribution in [2.45, 2.75) is 0 Å². The largest absolute Gasteiger partial charge is 0.475 e. The summed E-state index contributed by atoms with van der Waals surface area (Å²) in [5.41, 5.74) is -0.203. The highest BCUT2D eigenvalue weighted by Crippen LogP contribution is 2.25. The third kappa shape index (κ3) is 2.67. The van der Waals surface area contributed by atoms with Crippen LogP contribution in [0, 0.1) is 11.3 Å². The van der Waals surface area contributed by atoms with Crippen LogP contribution in [0.5, 0.6) is 5.88 Å². The van der Waals surface area contributed by atoms with Crippen LogP contribution in [-0.2, 0) is 4.74 Å². The standard InChI is InChI=1S/C12H10ClN3O3/c1-18-2-3-19-10-4-7-9(6-15-10)16-12(17)8(5-14)11(7)13/h4,6H,2-3H2,1H3,(H,16,17). The predicted molar refractivity (Wildman–Crippen MR) is 69.5 cm³/mol. The number of fused-ring (bicyclic) bond motifs is 1. The van der Waals surface area contributed by atoms with E-state index in [0.717, 1.165) is 0 Å². The number of nitrogens with zero attached hydrogens (tertiary/aromatic N) is 2. The van der Waals surface area contributed by atoms with E-state index in [1.54, 1.807) is 19.2 Å². The van der Waals surface area contributed by atoms with E-state index in [0.29, 0.717) is 30.0 Å². The Morgan fingerprint density at radius 3 is 3.00 bits per heavy atom. The molecule has 0 unspecified atom stereocenters. The van der Waals surface area contributed by atoms with Gasteiger partial charge in [0, 0.05) is 18.6 Å². The Bertz CT molecular complexity index is 706. The van der Waals surface area contributed by atoms with Gasteiger partial charge >= 0.3 is 0 Å². The number of pyridine rings is 2.